The smallest absolute Gasteiger partial charge is 0.0940 e. The standard InChI is InChI=1S/C20H32O2/c1-2-3-4-5-8-11-14-19-18(15-16-20(19)22)13-10-7-6-9-12-17-21/h7-8,10-11,14-16,18,20-22H,2-6,9,12-13,17H2,1H3/b10-7-,11-8+,19-14+/t18-,20?/m0/s1. The molecule has 0 radical (unpaired) electrons. The third-order valence-electron chi connectivity index (χ3n) is 4.03. The summed E-state index contributed by atoms with van der Waals surface area (Å²) in [7, 11) is 0. The maximum absolute atomic E-state index is 10.0. The summed E-state index contributed by atoms with van der Waals surface area (Å²) in [6.45, 7) is 2.50. The second kappa shape index (κ2) is 12.4. The minimum Gasteiger partial charge on any atom is -0.396 e. The van der Waals surface area contributed by atoms with Crippen LogP contribution in [0.25, 0.3) is 0 Å². The molecule has 1 aliphatic carbocycles. The Morgan fingerprint density at radius 2 is 1.77 bits per heavy atom. The largest absolute Gasteiger partial charge is 0.396 e. The van der Waals surface area contributed by atoms with Gasteiger partial charge in [-0.25, -0.2) is 0 Å². The summed E-state index contributed by atoms with van der Waals surface area (Å²) in [5.74, 6) is 0.324. The highest BCUT2D eigenvalue weighted by Crippen LogP contribution is 2.28. The van der Waals surface area contributed by atoms with Crippen LogP contribution in [0.1, 0.15) is 58.3 Å². The highest BCUT2D eigenvalue weighted by atomic mass is 16.3. The zero-order valence-corrected chi connectivity index (χ0v) is 14.0. The summed E-state index contributed by atoms with van der Waals surface area (Å²) >= 11 is 0. The SMILES string of the molecule is CCCCC/C=C/C=C1/C(O)C=C[C@@H]1C/C=C\CCCCO. The van der Waals surface area contributed by atoms with Crippen molar-refractivity contribution in [3.63, 3.8) is 0 Å². The monoisotopic (exact) mass is 304 g/mol. The highest BCUT2D eigenvalue weighted by molar-refractivity contribution is 5.32. The van der Waals surface area contributed by atoms with E-state index in [2.05, 4.69) is 43.4 Å². The van der Waals surface area contributed by atoms with E-state index in [-0.39, 0.29) is 6.61 Å². The molecule has 2 nitrogen and oxygen atoms in total. The Morgan fingerprint density at radius 1 is 1.00 bits per heavy atom. The number of hydrogen-bond acceptors (Lipinski definition) is 2. The molecule has 1 aliphatic rings. The predicted molar refractivity (Wildman–Crippen MR) is 94.7 cm³/mol. The molecule has 0 aromatic carbocycles. The lowest BCUT2D eigenvalue weighted by atomic mass is 9.96. The summed E-state index contributed by atoms with van der Waals surface area (Å²) in [4.78, 5) is 0. The molecule has 0 aliphatic heterocycles. The first kappa shape index (κ1) is 18.9. The molecule has 1 rings (SSSR count). The van der Waals surface area contributed by atoms with E-state index in [0.29, 0.717) is 5.92 Å². The Balaban J connectivity index is 2.36. The average Bonchev–Trinajstić information content (AvgIpc) is 2.87. The molecule has 2 heteroatoms. The van der Waals surface area contributed by atoms with Crippen molar-refractivity contribution >= 4 is 0 Å². The van der Waals surface area contributed by atoms with Crippen molar-refractivity contribution in [2.24, 2.45) is 5.92 Å². The second-order valence-electron chi connectivity index (χ2n) is 5.95. The zero-order chi connectivity index (χ0) is 16.0. The number of unbranched alkanes of at least 4 members (excludes halogenated alkanes) is 5. The van der Waals surface area contributed by atoms with Crippen LogP contribution in [0.15, 0.2) is 48.1 Å². The van der Waals surface area contributed by atoms with Gasteiger partial charge >= 0.3 is 0 Å². The van der Waals surface area contributed by atoms with Crippen LogP contribution in [0.5, 0.6) is 0 Å². The van der Waals surface area contributed by atoms with Gasteiger partial charge in [-0.3, -0.25) is 0 Å². The Morgan fingerprint density at radius 3 is 2.55 bits per heavy atom. The molecule has 0 aromatic rings. The van der Waals surface area contributed by atoms with Gasteiger partial charge in [-0.2, -0.15) is 0 Å². The van der Waals surface area contributed by atoms with Crippen molar-refractivity contribution < 1.29 is 10.2 Å². The molecule has 0 saturated carbocycles. The van der Waals surface area contributed by atoms with E-state index in [1.54, 1.807) is 0 Å². The van der Waals surface area contributed by atoms with E-state index >= 15 is 0 Å². The fourth-order valence-electron chi connectivity index (χ4n) is 2.64. The first-order valence-corrected chi connectivity index (χ1v) is 8.78. The fraction of sp³-hybridized carbons (Fsp3) is 0.600. The van der Waals surface area contributed by atoms with Crippen molar-refractivity contribution in [1.29, 1.82) is 0 Å². The number of allylic oxidation sites excluding steroid dienone is 6. The van der Waals surface area contributed by atoms with Gasteiger partial charge in [0.05, 0.1) is 6.10 Å². The van der Waals surface area contributed by atoms with E-state index in [4.69, 9.17) is 5.11 Å². The van der Waals surface area contributed by atoms with Gasteiger partial charge in [0.1, 0.15) is 0 Å². The van der Waals surface area contributed by atoms with Crippen LogP contribution in [0.2, 0.25) is 0 Å². The first-order chi connectivity index (χ1) is 10.8. The van der Waals surface area contributed by atoms with Gasteiger partial charge in [0, 0.05) is 12.5 Å². The highest BCUT2D eigenvalue weighted by Gasteiger charge is 2.21. The number of hydrogen-bond donors (Lipinski definition) is 2. The molecular weight excluding hydrogens is 272 g/mol. The van der Waals surface area contributed by atoms with Crippen LogP contribution < -0.4 is 0 Å². The number of aliphatic hydroxyl groups is 2. The fourth-order valence-corrected chi connectivity index (χ4v) is 2.64. The van der Waals surface area contributed by atoms with Gasteiger partial charge in [0.15, 0.2) is 0 Å². The Kier molecular flexibility index (Phi) is 10.7. The first-order valence-electron chi connectivity index (χ1n) is 8.78. The van der Waals surface area contributed by atoms with Crippen molar-refractivity contribution in [3.8, 4) is 0 Å². The summed E-state index contributed by atoms with van der Waals surface area (Å²) in [5.41, 5.74) is 1.10. The van der Waals surface area contributed by atoms with E-state index < -0.39 is 6.10 Å². The van der Waals surface area contributed by atoms with Crippen molar-refractivity contribution in [3.05, 3.63) is 48.1 Å². The molecule has 124 valence electrons. The van der Waals surface area contributed by atoms with Gasteiger partial charge < -0.3 is 10.2 Å². The molecular formula is C20H32O2. The molecule has 0 fully saturated rings. The maximum Gasteiger partial charge on any atom is 0.0940 e. The molecule has 0 heterocycles. The molecule has 0 bridgehead atoms. The summed E-state index contributed by atoms with van der Waals surface area (Å²) in [6, 6.07) is 0. The number of aliphatic hydroxyl groups excluding tert-OH is 2. The van der Waals surface area contributed by atoms with Gasteiger partial charge in [0.2, 0.25) is 0 Å². The van der Waals surface area contributed by atoms with Crippen LogP contribution >= 0.6 is 0 Å². The van der Waals surface area contributed by atoms with Gasteiger partial charge in [-0.15, -0.1) is 0 Å². The number of rotatable bonds is 11. The molecule has 2 atom stereocenters. The molecule has 22 heavy (non-hydrogen) atoms. The summed E-state index contributed by atoms with van der Waals surface area (Å²) in [5, 5.41) is 18.8. The lowest BCUT2D eigenvalue weighted by Crippen LogP contribution is -2.07. The van der Waals surface area contributed by atoms with Crippen molar-refractivity contribution in [2.45, 2.75) is 64.4 Å². The lowest BCUT2D eigenvalue weighted by molar-refractivity contribution is 0.257. The van der Waals surface area contributed by atoms with E-state index in [9.17, 15) is 5.11 Å². The predicted octanol–water partition coefficient (Wildman–Crippen LogP) is 4.71. The van der Waals surface area contributed by atoms with Gasteiger partial charge in [-0.1, -0.05) is 62.3 Å². The van der Waals surface area contributed by atoms with Crippen molar-refractivity contribution in [2.75, 3.05) is 6.61 Å². The van der Waals surface area contributed by atoms with Crippen molar-refractivity contribution in [1.82, 2.24) is 0 Å². The van der Waals surface area contributed by atoms with E-state index in [1.807, 2.05) is 6.08 Å². The minimum atomic E-state index is -0.423. The van der Waals surface area contributed by atoms with Gasteiger partial charge in [-0.05, 0) is 44.1 Å². The summed E-state index contributed by atoms with van der Waals surface area (Å²) < 4.78 is 0. The lowest BCUT2D eigenvalue weighted by Gasteiger charge is -2.11. The molecule has 0 spiro atoms. The molecule has 0 saturated heterocycles. The third-order valence-corrected chi connectivity index (χ3v) is 4.03. The van der Waals surface area contributed by atoms with Crippen LogP contribution in [0, 0.1) is 5.92 Å². The van der Waals surface area contributed by atoms with Crippen LogP contribution in [-0.2, 0) is 0 Å². The van der Waals surface area contributed by atoms with Gasteiger partial charge in [0.25, 0.3) is 0 Å². The van der Waals surface area contributed by atoms with Crippen LogP contribution in [0.3, 0.4) is 0 Å². The normalized spacial score (nSPS) is 23.5. The van der Waals surface area contributed by atoms with E-state index in [1.165, 1.54) is 19.3 Å². The zero-order valence-electron chi connectivity index (χ0n) is 14.0. The third kappa shape index (κ3) is 7.77. The summed E-state index contributed by atoms with van der Waals surface area (Å²) in [6.07, 6.45) is 23.1. The Hall–Kier alpha value is -1.12. The topological polar surface area (TPSA) is 40.5 Å². The molecule has 1 unspecified atom stereocenters. The second-order valence-corrected chi connectivity index (χ2v) is 5.95. The average molecular weight is 304 g/mol. The molecule has 2 N–H and O–H groups in total. The quantitative estimate of drug-likeness (QED) is 0.429. The van der Waals surface area contributed by atoms with E-state index in [0.717, 1.165) is 37.7 Å². The Labute approximate surface area is 135 Å². The molecule has 0 aromatic heterocycles. The Bertz CT molecular complexity index is 391. The minimum absolute atomic E-state index is 0.281. The van der Waals surface area contributed by atoms with Crippen LogP contribution in [-0.4, -0.2) is 22.9 Å². The molecule has 0 amide bonds. The maximum atomic E-state index is 10.0. The van der Waals surface area contributed by atoms with Crippen LogP contribution in [0.4, 0.5) is 0 Å².